The zero-order valence-electron chi connectivity index (χ0n) is 15.0. The van der Waals surface area contributed by atoms with E-state index in [9.17, 15) is 4.79 Å². The Hall–Kier alpha value is -1.83. The van der Waals surface area contributed by atoms with E-state index in [1.807, 2.05) is 35.2 Å². The number of hydrogen-bond donors (Lipinski definition) is 0. The fourth-order valence-electron chi connectivity index (χ4n) is 2.56. The average molecular weight is 469 g/mol. The Bertz CT molecular complexity index is 923. The number of aromatic nitrogens is 2. The molecule has 2 aromatic heterocycles. The first-order valence-electron chi connectivity index (χ1n) is 8.39. The molecule has 0 unspecified atom stereocenters. The summed E-state index contributed by atoms with van der Waals surface area (Å²) in [4.78, 5) is 15.1. The van der Waals surface area contributed by atoms with E-state index in [0.717, 1.165) is 28.0 Å². The van der Waals surface area contributed by atoms with Crippen LogP contribution in [0, 0.1) is 0 Å². The van der Waals surface area contributed by atoms with Crippen molar-refractivity contribution in [1.82, 2.24) is 14.7 Å². The Kier molecular flexibility index (Phi) is 6.57. The van der Waals surface area contributed by atoms with Gasteiger partial charge in [0.25, 0.3) is 5.91 Å². The first-order chi connectivity index (χ1) is 13.0. The Balaban J connectivity index is 1.62. The lowest BCUT2D eigenvalue weighted by Gasteiger charge is -2.17. The summed E-state index contributed by atoms with van der Waals surface area (Å²) >= 11 is 10.8. The van der Waals surface area contributed by atoms with Crippen LogP contribution in [0.4, 0.5) is 0 Å². The number of ether oxygens (including phenoxy) is 1. The molecule has 0 saturated heterocycles. The maximum Gasteiger partial charge on any atom is 0.264 e. The highest BCUT2D eigenvalue weighted by atomic mass is 79.9. The summed E-state index contributed by atoms with van der Waals surface area (Å²) in [5.74, 6) is 0.724. The molecule has 27 heavy (non-hydrogen) atoms. The number of carbonyl (C=O) groups is 1. The van der Waals surface area contributed by atoms with Gasteiger partial charge in [-0.15, -0.1) is 11.3 Å². The van der Waals surface area contributed by atoms with Crippen LogP contribution in [0.5, 0.6) is 5.75 Å². The number of benzene rings is 1. The normalized spacial score (nSPS) is 10.8. The molecule has 0 aliphatic heterocycles. The topological polar surface area (TPSA) is 47.4 Å². The van der Waals surface area contributed by atoms with Crippen molar-refractivity contribution in [2.45, 2.75) is 26.6 Å². The van der Waals surface area contributed by atoms with Crippen LogP contribution in [0.1, 0.15) is 27.9 Å². The Morgan fingerprint density at radius 1 is 1.37 bits per heavy atom. The van der Waals surface area contributed by atoms with Gasteiger partial charge >= 0.3 is 0 Å². The van der Waals surface area contributed by atoms with Crippen molar-refractivity contribution in [1.29, 1.82) is 0 Å². The Morgan fingerprint density at radius 2 is 2.11 bits per heavy atom. The molecule has 3 aromatic rings. The van der Waals surface area contributed by atoms with Crippen molar-refractivity contribution in [2.75, 3.05) is 7.05 Å². The van der Waals surface area contributed by atoms with Crippen molar-refractivity contribution in [3.05, 3.63) is 67.5 Å². The van der Waals surface area contributed by atoms with Gasteiger partial charge in [-0.2, -0.15) is 5.10 Å². The van der Waals surface area contributed by atoms with Crippen LogP contribution in [0.15, 0.2) is 46.4 Å². The van der Waals surface area contributed by atoms with E-state index in [0.29, 0.717) is 23.1 Å². The van der Waals surface area contributed by atoms with Gasteiger partial charge in [-0.05, 0) is 58.6 Å². The molecule has 0 bridgehead atoms. The summed E-state index contributed by atoms with van der Waals surface area (Å²) < 4.78 is 8.53. The molecule has 3 rings (SSSR count). The number of aryl methyl sites for hydroxylation is 1. The maximum absolute atomic E-state index is 12.7. The van der Waals surface area contributed by atoms with Crippen LogP contribution >= 0.6 is 38.9 Å². The first-order valence-corrected chi connectivity index (χ1v) is 10.4. The van der Waals surface area contributed by atoms with Crippen LogP contribution in [0.2, 0.25) is 5.02 Å². The summed E-state index contributed by atoms with van der Waals surface area (Å²) in [7, 11) is 1.80. The fourth-order valence-corrected chi connectivity index (χ4v) is 4.00. The Morgan fingerprint density at radius 3 is 2.81 bits per heavy atom. The quantitative estimate of drug-likeness (QED) is 0.477. The van der Waals surface area contributed by atoms with Gasteiger partial charge in [-0.25, -0.2) is 0 Å². The highest BCUT2D eigenvalue weighted by Gasteiger charge is 2.18. The van der Waals surface area contributed by atoms with Gasteiger partial charge in [-0.3, -0.25) is 9.48 Å². The second kappa shape index (κ2) is 8.91. The average Bonchev–Trinajstić information content (AvgIpc) is 3.28. The highest BCUT2D eigenvalue weighted by Crippen LogP contribution is 2.22. The van der Waals surface area contributed by atoms with Gasteiger partial charge in [0.05, 0.1) is 27.8 Å². The number of rotatable bonds is 7. The third-order valence-electron chi connectivity index (χ3n) is 4.01. The molecule has 1 amide bonds. The summed E-state index contributed by atoms with van der Waals surface area (Å²) in [5, 5.41) is 6.91. The number of thiophene rings is 1. The van der Waals surface area contributed by atoms with E-state index < -0.39 is 0 Å². The van der Waals surface area contributed by atoms with E-state index in [4.69, 9.17) is 16.3 Å². The molecular weight excluding hydrogens is 450 g/mol. The molecule has 5 nitrogen and oxygen atoms in total. The lowest BCUT2D eigenvalue weighted by molar-refractivity contribution is 0.0786. The van der Waals surface area contributed by atoms with Crippen molar-refractivity contribution in [3.8, 4) is 5.75 Å². The molecule has 0 N–H and O–H groups in total. The molecule has 8 heteroatoms. The van der Waals surface area contributed by atoms with Crippen molar-refractivity contribution >= 4 is 44.8 Å². The molecule has 0 radical (unpaired) electrons. The van der Waals surface area contributed by atoms with Gasteiger partial charge in [0, 0.05) is 24.2 Å². The van der Waals surface area contributed by atoms with Crippen molar-refractivity contribution in [3.63, 3.8) is 0 Å². The number of hydrogen-bond acceptors (Lipinski definition) is 4. The Labute approximate surface area is 175 Å². The molecule has 0 aliphatic carbocycles. The van der Waals surface area contributed by atoms with Gasteiger partial charge in [0.15, 0.2) is 0 Å². The van der Waals surface area contributed by atoms with E-state index >= 15 is 0 Å². The summed E-state index contributed by atoms with van der Waals surface area (Å²) in [6.07, 6.45) is 1.76. The van der Waals surface area contributed by atoms with Gasteiger partial charge in [0.1, 0.15) is 12.4 Å². The van der Waals surface area contributed by atoms with E-state index in [1.165, 1.54) is 11.3 Å². The molecule has 0 atom stereocenters. The lowest BCUT2D eigenvalue weighted by atomic mass is 10.3. The summed E-state index contributed by atoms with van der Waals surface area (Å²) in [6, 6.07) is 9.10. The van der Waals surface area contributed by atoms with Crippen LogP contribution in [0.25, 0.3) is 0 Å². The van der Waals surface area contributed by atoms with E-state index in [1.54, 1.807) is 30.3 Å². The fraction of sp³-hybridized carbons (Fsp3) is 0.263. The predicted molar refractivity (Wildman–Crippen MR) is 112 cm³/mol. The van der Waals surface area contributed by atoms with Crippen LogP contribution in [-0.2, 0) is 19.7 Å². The minimum atomic E-state index is -0.0199. The largest absolute Gasteiger partial charge is 0.489 e. The number of halogens is 2. The highest BCUT2D eigenvalue weighted by molar-refractivity contribution is 9.10. The zero-order valence-corrected chi connectivity index (χ0v) is 18.1. The lowest BCUT2D eigenvalue weighted by Crippen LogP contribution is -2.27. The van der Waals surface area contributed by atoms with Gasteiger partial charge in [-0.1, -0.05) is 11.6 Å². The molecular formula is C19H19BrClN3O2S. The van der Waals surface area contributed by atoms with E-state index in [2.05, 4.69) is 21.0 Å². The smallest absolute Gasteiger partial charge is 0.264 e. The summed E-state index contributed by atoms with van der Waals surface area (Å²) in [5.41, 5.74) is 1.95. The van der Waals surface area contributed by atoms with Crippen molar-refractivity contribution in [2.24, 2.45) is 0 Å². The SMILES string of the molecule is CCn1ncc(Br)c1CN(C)C(=O)c1cc(COc2ccc(Cl)cc2)cs1. The molecule has 0 spiro atoms. The second-order valence-electron chi connectivity index (χ2n) is 5.98. The van der Waals surface area contributed by atoms with E-state index in [-0.39, 0.29) is 5.91 Å². The zero-order chi connectivity index (χ0) is 19.4. The molecule has 0 saturated carbocycles. The van der Waals surface area contributed by atoms with Gasteiger partial charge in [0.2, 0.25) is 0 Å². The maximum atomic E-state index is 12.7. The standard InChI is InChI=1S/C19H19BrClN3O2S/c1-3-24-17(16(20)9-22-24)10-23(2)19(25)18-8-13(12-27-18)11-26-15-6-4-14(21)5-7-15/h4-9,12H,3,10-11H2,1-2H3. The molecule has 2 heterocycles. The third kappa shape index (κ3) is 4.91. The van der Waals surface area contributed by atoms with Crippen LogP contribution < -0.4 is 4.74 Å². The van der Waals surface area contributed by atoms with Crippen LogP contribution in [0.3, 0.4) is 0 Å². The monoisotopic (exact) mass is 467 g/mol. The second-order valence-corrected chi connectivity index (χ2v) is 8.18. The van der Waals surface area contributed by atoms with Crippen LogP contribution in [-0.4, -0.2) is 27.6 Å². The molecule has 1 aromatic carbocycles. The number of carbonyl (C=O) groups excluding carboxylic acids is 1. The van der Waals surface area contributed by atoms with Crippen molar-refractivity contribution < 1.29 is 9.53 Å². The molecule has 0 fully saturated rings. The molecule has 142 valence electrons. The first kappa shape index (κ1) is 19.9. The predicted octanol–water partition coefficient (Wildman–Crippen LogP) is 5.23. The minimum absolute atomic E-state index is 0.0199. The number of amides is 1. The molecule has 0 aliphatic rings. The summed E-state index contributed by atoms with van der Waals surface area (Å²) in [6.45, 7) is 3.68. The minimum Gasteiger partial charge on any atom is -0.489 e. The number of nitrogens with zero attached hydrogens (tertiary/aromatic N) is 3. The van der Waals surface area contributed by atoms with Gasteiger partial charge < -0.3 is 9.64 Å². The third-order valence-corrected chi connectivity index (χ3v) is 5.90.